The lowest BCUT2D eigenvalue weighted by molar-refractivity contribution is 0.321. The molecule has 37 heavy (non-hydrogen) atoms. The van der Waals surface area contributed by atoms with Crippen LogP contribution in [0.4, 0.5) is 0 Å². The maximum absolute atomic E-state index is 9.54. The molecule has 0 fully saturated rings. The number of benzene rings is 3. The molecule has 3 rings (SSSR count). The normalized spacial score (nSPS) is 12.0. The summed E-state index contributed by atoms with van der Waals surface area (Å²) in [5, 5.41) is 38.1. The summed E-state index contributed by atoms with van der Waals surface area (Å²) in [6.07, 6.45) is 5.19. The van der Waals surface area contributed by atoms with Gasteiger partial charge in [0.15, 0.2) is 0 Å². The van der Waals surface area contributed by atoms with Crippen LogP contribution in [0.2, 0.25) is 0 Å². The fraction of sp³-hybridized carbons (Fsp3) is 0.323. The van der Waals surface area contributed by atoms with Gasteiger partial charge in [-0.25, -0.2) is 0 Å². The molecule has 3 aromatic carbocycles. The molecule has 0 heterocycles. The number of oxime groups is 3. The molecule has 0 aliphatic rings. The van der Waals surface area contributed by atoms with Gasteiger partial charge in [-0.1, -0.05) is 27.6 Å². The van der Waals surface area contributed by atoms with Gasteiger partial charge in [0.05, 0.1) is 18.6 Å². The molecule has 0 radical (unpaired) electrons. The van der Waals surface area contributed by atoms with Gasteiger partial charge >= 0.3 is 0 Å². The van der Waals surface area contributed by atoms with Crippen molar-refractivity contribution >= 4 is 18.6 Å². The number of hydrogen-bond acceptors (Lipinski definition) is 6. The Hall–Kier alpha value is -3.93. The van der Waals surface area contributed by atoms with Crippen molar-refractivity contribution in [2.45, 2.75) is 68.7 Å². The first-order valence-corrected chi connectivity index (χ1v) is 12.4. The fourth-order valence-corrected chi connectivity index (χ4v) is 5.97. The fourth-order valence-electron chi connectivity index (χ4n) is 5.97. The molecule has 6 heteroatoms. The van der Waals surface area contributed by atoms with Gasteiger partial charge in [-0.15, -0.1) is 0 Å². The Labute approximate surface area is 219 Å². The summed E-state index contributed by atoms with van der Waals surface area (Å²) in [5.74, 6) is 0. The lowest BCUT2D eigenvalue weighted by Crippen LogP contribution is -2.10. The predicted octanol–water partition coefficient (Wildman–Crippen LogP) is 7.14. The Balaban J connectivity index is 2.44. The number of nitrogens with zero attached hydrogens (tertiary/aromatic N) is 3. The van der Waals surface area contributed by atoms with Crippen LogP contribution >= 0.6 is 0 Å². The van der Waals surface area contributed by atoms with Gasteiger partial charge < -0.3 is 15.6 Å². The van der Waals surface area contributed by atoms with E-state index in [1.54, 1.807) is 0 Å². The highest BCUT2D eigenvalue weighted by Gasteiger charge is 2.23. The summed E-state index contributed by atoms with van der Waals surface area (Å²) in [6, 6.07) is 4.25. The van der Waals surface area contributed by atoms with Crippen LogP contribution in [0.3, 0.4) is 0 Å². The van der Waals surface area contributed by atoms with E-state index in [1.165, 1.54) is 29.8 Å². The highest BCUT2D eigenvalue weighted by molar-refractivity contribution is 5.94. The van der Waals surface area contributed by atoms with Crippen molar-refractivity contribution in [3.8, 4) is 11.1 Å². The molecule has 0 saturated heterocycles. The lowest BCUT2D eigenvalue weighted by Gasteiger charge is -2.25. The zero-order valence-electron chi connectivity index (χ0n) is 23.3. The first-order valence-electron chi connectivity index (χ1n) is 12.4. The van der Waals surface area contributed by atoms with E-state index in [9.17, 15) is 15.6 Å². The molecule has 194 valence electrons. The topological polar surface area (TPSA) is 97.8 Å². The maximum atomic E-state index is 9.54. The molecule has 0 spiro atoms. The highest BCUT2D eigenvalue weighted by Crippen LogP contribution is 2.40. The van der Waals surface area contributed by atoms with Gasteiger partial charge in [0.25, 0.3) is 0 Å². The summed E-state index contributed by atoms with van der Waals surface area (Å²) in [4.78, 5) is 0. The van der Waals surface area contributed by atoms with Crippen LogP contribution in [-0.4, -0.2) is 34.3 Å². The smallest absolute Gasteiger partial charge is 0.0739 e. The van der Waals surface area contributed by atoms with Crippen LogP contribution in [0.25, 0.3) is 11.1 Å². The second kappa shape index (κ2) is 11.0. The highest BCUT2D eigenvalue weighted by atomic mass is 16.4. The van der Waals surface area contributed by atoms with Crippen molar-refractivity contribution in [2.75, 3.05) is 0 Å². The molecule has 0 unspecified atom stereocenters. The minimum atomic E-state index is 0.677. The SMILES string of the molecule is Cc1cc(C)c(Cc2c(C)c(C=NO)c(C)c(-c3c(C)cc(C)c(C=NO)c3C)c2C)c(C)c1C=NO. The minimum Gasteiger partial charge on any atom is -0.411 e. The Bertz CT molecular complexity index is 1460. The molecule has 0 aliphatic carbocycles. The van der Waals surface area contributed by atoms with E-state index < -0.39 is 0 Å². The number of aryl methyl sites for hydroxylation is 4. The van der Waals surface area contributed by atoms with E-state index in [-0.39, 0.29) is 0 Å². The van der Waals surface area contributed by atoms with Crippen LogP contribution in [-0.2, 0) is 6.42 Å². The summed E-state index contributed by atoms with van der Waals surface area (Å²) in [5.41, 5.74) is 17.0. The average molecular weight is 500 g/mol. The van der Waals surface area contributed by atoms with Crippen LogP contribution in [0.5, 0.6) is 0 Å². The number of rotatable bonds is 6. The average Bonchev–Trinajstić information content (AvgIpc) is 2.83. The summed E-state index contributed by atoms with van der Waals surface area (Å²) < 4.78 is 0. The maximum Gasteiger partial charge on any atom is 0.0739 e. The molecule has 0 saturated carbocycles. The van der Waals surface area contributed by atoms with Crippen molar-refractivity contribution in [2.24, 2.45) is 15.5 Å². The molecule has 0 atom stereocenters. The molecule has 0 aliphatic heterocycles. The Morgan fingerprint density at radius 2 is 0.919 bits per heavy atom. The van der Waals surface area contributed by atoms with E-state index in [0.29, 0.717) is 6.42 Å². The zero-order chi connectivity index (χ0) is 27.6. The van der Waals surface area contributed by atoms with Crippen molar-refractivity contribution < 1.29 is 15.6 Å². The van der Waals surface area contributed by atoms with E-state index >= 15 is 0 Å². The molecule has 3 N–H and O–H groups in total. The largest absolute Gasteiger partial charge is 0.411 e. The summed E-state index contributed by atoms with van der Waals surface area (Å²) in [7, 11) is 0. The lowest BCUT2D eigenvalue weighted by atomic mass is 9.79. The first kappa shape index (κ1) is 27.7. The van der Waals surface area contributed by atoms with Crippen molar-refractivity contribution in [1.82, 2.24) is 0 Å². The van der Waals surface area contributed by atoms with E-state index in [4.69, 9.17) is 0 Å². The van der Waals surface area contributed by atoms with Crippen LogP contribution < -0.4 is 0 Å². The molecule has 3 aromatic rings. The summed E-state index contributed by atoms with van der Waals surface area (Å²) >= 11 is 0. The third kappa shape index (κ3) is 4.88. The van der Waals surface area contributed by atoms with Crippen molar-refractivity contribution in [1.29, 1.82) is 0 Å². The monoisotopic (exact) mass is 499 g/mol. The van der Waals surface area contributed by atoms with Crippen LogP contribution in [0, 0.1) is 62.3 Å². The number of hydrogen-bond donors (Lipinski definition) is 3. The molecule has 0 bridgehead atoms. The molecule has 0 aromatic heterocycles. The first-order chi connectivity index (χ1) is 17.5. The van der Waals surface area contributed by atoms with Gasteiger partial charge in [-0.2, -0.15) is 0 Å². The molecule has 0 amide bonds. The van der Waals surface area contributed by atoms with E-state index in [1.807, 2.05) is 13.8 Å². The van der Waals surface area contributed by atoms with Crippen LogP contribution in [0.1, 0.15) is 77.9 Å². The third-order valence-electron chi connectivity index (χ3n) is 7.85. The Morgan fingerprint density at radius 3 is 1.46 bits per heavy atom. The second-order valence-electron chi connectivity index (χ2n) is 10.0. The van der Waals surface area contributed by atoms with Gasteiger partial charge in [0.1, 0.15) is 0 Å². The third-order valence-corrected chi connectivity index (χ3v) is 7.85. The van der Waals surface area contributed by atoms with E-state index in [0.717, 1.165) is 77.9 Å². The zero-order valence-corrected chi connectivity index (χ0v) is 23.3. The standard InChI is InChI=1S/C31H37N3O3/c1-16-10-17(2)27(13-32-35)20(5)25(16)12-26-21(6)29(15-34-37)24(9)31(22(26)7)30-19(4)11-18(3)28(14-33-36)23(30)8/h10-11,13-15,35-37H,12H2,1-9H3. The van der Waals surface area contributed by atoms with Crippen LogP contribution in [0.15, 0.2) is 27.6 Å². The Morgan fingerprint density at radius 1 is 0.486 bits per heavy atom. The summed E-state index contributed by atoms with van der Waals surface area (Å²) in [6.45, 7) is 18.7. The van der Waals surface area contributed by atoms with E-state index in [2.05, 4.69) is 76.1 Å². The molecular weight excluding hydrogens is 462 g/mol. The molecular formula is C31H37N3O3. The van der Waals surface area contributed by atoms with Gasteiger partial charge in [-0.05, 0) is 141 Å². The van der Waals surface area contributed by atoms with Crippen molar-refractivity contribution in [3.63, 3.8) is 0 Å². The molecule has 6 nitrogen and oxygen atoms in total. The van der Waals surface area contributed by atoms with Gasteiger partial charge in [0, 0.05) is 16.7 Å². The Kier molecular flexibility index (Phi) is 8.22. The van der Waals surface area contributed by atoms with Gasteiger partial charge in [-0.3, -0.25) is 0 Å². The second-order valence-corrected chi connectivity index (χ2v) is 10.0. The quantitative estimate of drug-likeness (QED) is 0.191. The minimum absolute atomic E-state index is 0.677. The van der Waals surface area contributed by atoms with Crippen molar-refractivity contribution in [3.05, 3.63) is 90.0 Å². The van der Waals surface area contributed by atoms with Gasteiger partial charge in [0.2, 0.25) is 0 Å². The predicted molar refractivity (Wildman–Crippen MR) is 152 cm³/mol.